The quantitative estimate of drug-likeness (QED) is 0.751. The van der Waals surface area contributed by atoms with Gasteiger partial charge in [-0.3, -0.25) is 4.79 Å². The minimum atomic E-state index is -0.456. The lowest BCUT2D eigenvalue weighted by atomic mass is 10.0. The highest BCUT2D eigenvalue weighted by atomic mass is 16.5. The van der Waals surface area contributed by atoms with Gasteiger partial charge in [-0.1, -0.05) is 23.8 Å². The summed E-state index contributed by atoms with van der Waals surface area (Å²) in [6, 6.07) is 7.71. The molecule has 24 heavy (non-hydrogen) atoms. The van der Waals surface area contributed by atoms with Crippen molar-refractivity contribution in [3.8, 4) is 5.75 Å². The summed E-state index contributed by atoms with van der Waals surface area (Å²) in [6.07, 6.45) is 1.30. The Morgan fingerprint density at radius 3 is 2.50 bits per heavy atom. The zero-order valence-electron chi connectivity index (χ0n) is 14.1. The van der Waals surface area contributed by atoms with Crippen molar-refractivity contribution in [1.82, 2.24) is 4.90 Å². The third kappa shape index (κ3) is 4.80. The molecule has 132 valence electrons. The van der Waals surface area contributed by atoms with E-state index in [1.807, 2.05) is 31.2 Å². The average molecular weight is 335 g/mol. The molecule has 0 saturated carbocycles. The van der Waals surface area contributed by atoms with E-state index in [0.29, 0.717) is 19.5 Å². The number of hydrogen-bond donors (Lipinski definition) is 2. The van der Waals surface area contributed by atoms with E-state index in [-0.39, 0.29) is 19.1 Å². The van der Waals surface area contributed by atoms with E-state index < -0.39 is 12.2 Å². The van der Waals surface area contributed by atoms with Crippen LogP contribution < -0.4 is 4.74 Å². The minimum Gasteiger partial charge on any atom is -0.496 e. The predicted octanol–water partition coefficient (Wildman–Crippen LogP) is 0.765. The smallest absolute Gasteiger partial charge is 0.246 e. The molecule has 0 aliphatic carbocycles. The molecule has 0 aromatic heterocycles. The fourth-order valence-corrected chi connectivity index (χ4v) is 2.81. The molecule has 0 bridgehead atoms. The number of amides is 1. The van der Waals surface area contributed by atoms with Crippen LogP contribution in [0.2, 0.25) is 0 Å². The maximum absolute atomic E-state index is 12.5. The van der Waals surface area contributed by atoms with Crippen molar-refractivity contribution >= 4 is 5.91 Å². The minimum absolute atomic E-state index is 0.136. The molecule has 0 unspecified atom stereocenters. The van der Waals surface area contributed by atoms with E-state index in [4.69, 9.17) is 9.47 Å². The summed E-state index contributed by atoms with van der Waals surface area (Å²) >= 11 is 0. The first-order valence-corrected chi connectivity index (χ1v) is 8.02. The zero-order valence-corrected chi connectivity index (χ0v) is 14.1. The Bertz CT molecular complexity index is 575. The zero-order chi connectivity index (χ0) is 17.5. The van der Waals surface area contributed by atoms with Crippen LogP contribution in [0.4, 0.5) is 0 Å². The maximum atomic E-state index is 12.5. The van der Waals surface area contributed by atoms with Gasteiger partial charge in [0, 0.05) is 19.2 Å². The lowest BCUT2D eigenvalue weighted by molar-refractivity contribution is -0.148. The fraction of sp³-hybridized carbons (Fsp3) is 0.500. The number of aliphatic hydroxyl groups is 2. The number of rotatable bonds is 6. The summed E-state index contributed by atoms with van der Waals surface area (Å²) in [5.74, 6) is 0.660. The summed E-state index contributed by atoms with van der Waals surface area (Å²) in [6.45, 7) is 2.20. The lowest BCUT2D eigenvalue weighted by Crippen LogP contribution is -2.52. The molecule has 1 aliphatic heterocycles. The van der Waals surface area contributed by atoms with E-state index >= 15 is 0 Å². The van der Waals surface area contributed by atoms with Crippen molar-refractivity contribution in [1.29, 1.82) is 0 Å². The number of morpholine rings is 1. The number of aliphatic hydroxyl groups excluding tert-OH is 2. The lowest BCUT2D eigenvalue weighted by Gasteiger charge is -2.36. The van der Waals surface area contributed by atoms with Crippen molar-refractivity contribution in [3.63, 3.8) is 0 Å². The van der Waals surface area contributed by atoms with Crippen LogP contribution in [0.5, 0.6) is 5.75 Å². The number of methoxy groups -OCH3 is 1. The molecule has 1 aromatic carbocycles. The molecule has 6 nitrogen and oxygen atoms in total. The largest absolute Gasteiger partial charge is 0.496 e. The van der Waals surface area contributed by atoms with Gasteiger partial charge in [-0.05, 0) is 25.0 Å². The van der Waals surface area contributed by atoms with Gasteiger partial charge in [-0.15, -0.1) is 0 Å². The normalized spacial score (nSPS) is 21.7. The van der Waals surface area contributed by atoms with Crippen molar-refractivity contribution in [3.05, 3.63) is 41.5 Å². The second-order valence-corrected chi connectivity index (χ2v) is 5.97. The van der Waals surface area contributed by atoms with Crippen molar-refractivity contribution < 1.29 is 24.5 Å². The molecule has 1 heterocycles. The second-order valence-electron chi connectivity index (χ2n) is 5.97. The molecule has 2 N–H and O–H groups in total. The van der Waals surface area contributed by atoms with E-state index in [1.54, 1.807) is 18.1 Å². The number of carbonyl (C=O) groups excluding carboxylic acids is 1. The summed E-state index contributed by atoms with van der Waals surface area (Å²) < 4.78 is 10.8. The summed E-state index contributed by atoms with van der Waals surface area (Å²) in [5.41, 5.74) is 1.93. The van der Waals surface area contributed by atoms with Gasteiger partial charge in [0.05, 0.1) is 32.5 Å². The van der Waals surface area contributed by atoms with Crippen LogP contribution in [-0.4, -0.2) is 66.6 Å². The van der Waals surface area contributed by atoms with Crippen LogP contribution in [0.1, 0.15) is 12.5 Å². The Labute approximate surface area is 142 Å². The first kappa shape index (κ1) is 18.4. The van der Waals surface area contributed by atoms with Crippen LogP contribution in [0.15, 0.2) is 35.9 Å². The maximum Gasteiger partial charge on any atom is 0.246 e. The van der Waals surface area contributed by atoms with Gasteiger partial charge < -0.3 is 24.6 Å². The van der Waals surface area contributed by atoms with E-state index in [1.165, 1.54) is 0 Å². The number of benzene rings is 1. The highest BCUT2D eigenvalue weighted by Gasteiger charge is 2.29. The van der Waals surface area contributed by atoms with Gasteiger partial charge in [-0.25, -0.2) is 0 Å². The molecule has 6 heteroatoms. The third-order valence-corrected chi connectivity index (χ3v) is 3.98. The fourth-order valence-electron chi connectivity index (χ4n) is 2.81. The predicted molar refractivity (Wildman–Crippen MR) is 89.9 cm³/mol. The number of carbonyl (C=O) groups is 1. The Balaban J connectivity index is 2.04. The van der Waals surface area contributed by atoms with Crippen molar-refractivity contribution in [2.45, 2.75) is 25.6 Å². The third-order valence-electron chi connectivity index (χ3n) is 3.98. The molecule has 0 radical (unpaired) electrons. The van der Waals surface area contributed by atoms with Gasteiger partial charge in [0.25, 0.3) is 0 Å². The molecule has 1 aromatic rings. The number of para-hydroxylation sites is 1. The molecule has 1 amide bonds. The van der Waals surface area contributed by atoms with E-state index in [2.05, 4.69) is 0 Å². The molecule has 0 spiro atoms. The average Bonchev–Trinajstić information content (AvgIpc) is 2.61. The van der Waals surface area contributed by atoms with Gasteiger partial charge in [-0.2, -0.15) is 0 Å². The summed E-state index contributed by atoms with van der Waals surface area (Å²) in [5, 5.41) is 18.5. The van der Waals surface area contributed by atoms with Gasteiger partial charge in [0.15, 0.2) is 0 Å². The first-order valence-electron chi connectivity index (χ1n) is 8.02. The van der Waals surface area contributed by atoms with Crippen LogP contribution in [0, 0.1) is 0 Å². The van der Waals surface area contributed by atoms with Crippen molar-refractivity contribution in [2.75, 3.05) is 33.4 Å². The molecular formula is C18H25NO5. The Morgan fingerprint density at radius 2 is 1.92 bits per heavy atom. The molecule has 1 saturated heterocycles. The van der Waals surface area contributed by atoms with Crippen LogP contribution >= 0.6 is 0 Å². The monoisotopic (exact) mass is 335 g/mol. The molecular weight excluding hydrogens is 310 g/mol. The molecule has 1 aliphatic rings. The Morgan fingerprint density at radius 1 is 1.29 bits per heavy atom. The number of nitrogens with zero attached hydrogens (tertiary/aromatic N) is 1. The summed E-state index contributed by atoms with van der Waals surface area (Å²) in [7, 11) is 1.63. The van der Waals surface area contributed by atoms with Crippen LogP contribution in [0.25, 0.3) is 0 Å². The Kier molecular flexibility index (Phi) is 6.78. The first-order chi connectivity index (χ1) is 11.6. The number of hydrogen-bond acceptors (Lipinski definition) is 5. The SMILES string of the molecule is COc1ccccc1C/C(C)=C/C(=O)N1C[C@@H](CO)O[C@H](CO)C1. The van der Waals surface area contributed by atoms with Crippen LogP contribution in [0.3, 0.4) is 0 Å². The molecule has 2 rings (SSSR count). The Hall–Kier alpha value is -1.89. The molecule has 1 fully saturated rings. The van der Waals surface area contributed by atoms with Gasteiger partial charge in [0.2, 0.25) is 5.91 Å². The van der Waals surface area contributed by atoms with Gasteiger partial charge >= 0.3 is 0 Å². The standard InChI is InChI=1S/C18H25NO5/c1-13(7-14-5-3-4-6-17(14)23-2)8-18(22)19-9-15(11-20)24-16(10-19)12-21/h3-6,8,15-16,20-21H,7,9-12H2,1-2H3/b13-8+/t15-,16-/m0/s1. The highest BCUT2D eigenvalue weighted by Crippen LogP contribution is 2.21. The highest BCUT2D eigenvalue weighted by molar-refractivity contribution is 5.88. The van der Waals surface area contributed by atoms with Crippen molar-refractivity contribution in [2.24, 2.45) is 0 Å². The number of allylic oxidation sites excluding steroid dienone is 1. The van der Waals surface area contributed by atoms with E-state index in [0.717, 1.165) is 16.9 Å². The second kappa shape index (κ2) is 8.82. The molecule has 2 atom stereocenters. The van der Waals surface area contributed by atoms with Crippen LogP contribution in [-0.2, 0) is 16.0 Å². The van der Waals surface area contributed by atoms with Gasteiger partial charge in [0.1, 0.15) is 5.75 Å². The van der Waals surface area contributed by atoms with E-state index in [9.17, 15) is 15.0 Å². The number of ether oxygens (including phenoxy) is 2. The topological polar surface area (TPSA) is 79.2 Å². The summed E-state index contributed by atoms with van der Waals surface area (Å²) in [4.78, 5) is 14.1.